The number of benzene rings is 2. The van der Waals surface area contributed by atoms with Gasteiger partial charge in [0, 0.05) is 84.3 Å². The van der Waals surface area contributed by atoms with Crippen LogP contribution >= 0.6 is 0 Å². The summed E-state index contributed by atoms with van der Waals surface area (Å²) in [6.45, 7) is 2.07. The second-order valence-electron chi connectivity index (χ2n) is 19.5. The van der Waals surface area contributed by atoms with Crippen molar-refractivity contribution >= 4 is 63.7 Å². The van der Waals surface area contributed by atoms with E-state index in [1.807, 2.05) is 24.3 Å². The Morgan fingerprint density at radius 3 is 1.53 bits per heavy atom. The zero-order chi connectivity index (χ0) is 55.5. The van der Waals surface area contributed by atoms with E-state index >= 15 is 0 Å². The largest absolute Gasteiger partial charge is 0.497 e. The zero-order valence-electron chi connectivity index (χ0n) is 43.4. The number of carbonyl (C=O) groups excluding carboxylic acids is 7. The summed E-state index contributed by atoms with van der Waals surface area (Å²) in [5.74, 6) is -2.00. The summed E-state index contributed by atoms with van der Waals surface area (Å²) in [5, 5.41) is 6.81. The molecule has 0 fully saturated rings. The van der Waals surface area contributed by atoms with Crippen LogP contribution in [0.4, 0.5) is 9.59 Å². The molecule has 23 nitrogen and oxygen atoms in total. The zero-order valence-corrected chi connectivity index (χ0v) is 43.4. The molecule has 11 rings (SSSR count). The number of cyclic esters (lactones) is 2. The number of fused-ring (bicyclic) bond motifs is 10. The van der Waals surface area contributed by atoms with Gasteiger partial charge in [-0.05, 0) is 79.9 Å². The summed E-state index contributed by atoms with van der Waals surface area (Å²) in [6.07, 6.45) is -0.159. The first kappa shape index (κ1) is 51.7. The molecule has 2 aromatic carbocycles. The van der Waals surface area contributed by atoms with Crippen LogP contribution in [0.15, 0.2) is 82.4 Å². The van der Waals surface area contributed by atoms with Crippen LogP contribution < -0.4 is 31.2 Å². The Hall–Kier alpha value is -9.41. The molecule has 5 amide bonds. The fourth-order valence-corrected chi connectivity index (χ4v) is 11.0. The second-order valence-corrected chi connectivity index (χ2v) is 19.5. The van der Waals surface area contributed by atoms with Crippen LogP contribution in [0, 0.1) is 0 Å². The lowest BCUT2D eigenvalue weighted by molar-refractivity contribution is -0.173. The van der Waals surface area contributed by atoms with Crippen molar-refractivity contribution in [1.29, 1.82) is 0 Å². The molecule has 0 spiro atoms. The number of hydrogen-bond acceptors (Lipinski definition) is 17. The molecule has 0 aliphatic carbocycles. The van der Waals surface area contributed by atoms with Crippen LogP contribution in [0.1, 0.15) is 72.9 Å². The Bertz CT molecular complexity index is 3580. The second kappa shape index (κ2) is 20.2. The van der Waals surface area contributed by atoms with Crippen LogP contribution in [-0.4, -0.2) is 118 Å². The number of aromatic nitrogens is 4. The summed E-state index contributed by atoms with van der Waals surface area (Å²) in [6, 6.07) is 18.0. The smallest absolute Gasteiger partial charge is 0.408 e. The SMILES string of the molecule is CC[C@@]1(OC(=O)NCCN(CCNC(=O)O[C@]2(CC)C(=O)OCc3c2cc2n(c3=O)Cc3cc4cc(OC)ccc4nc3-2)C(=O)CCCN2C(=O)C=CC2=O)C(=O)OCc2c1cc1n(c2=O)Cc2cc3cc(OC)ccc3nc2-1. The van der Waals surface area contributed by atoms with Crippen LogP contribution in [0.2, 0.25) is 0 Å². The van der Waals surface area contributed by atoms with Crippen molar-refractivity contribution in [1.82, 2.24) is 39.5 Å². The van der Waals surface area contributed by atoms with E-state index in [4.69, 9.17) is 38.4 Å². The van der Waals surface area contributed by atoms with Crippen LogP contribution in [-0.2, 0) is 80.4 Å². The van der Waals surface area contributed by atoms with Crippen molar-refractivity contribution in [3.8, 4) is 34.3 Å². The highest BCUT2D eigenvalue weighted by molar-refractivity contribution is 6.12. The number of ether oxygens (including phenoxy) is 6. The number of hydrogen-bond donors (Lipinski definition) is 2. The van der Waals surface area contributed by atoms with Gasteiger partial charge < -0.3 is 53.1 Å². The number of pyridine rings is 4. The molecule has 9 heterocycles. The molecule has 79 heavy (non-hydrogen) atoms. The highest BCUT2D eigenvalue weighted by atomic mass is 16.6. The van der Waals surface area contributed by atoms with Gasteiger partial charge in [0.2, 0.25) is 17.1 Å². The fraction of sp³-hybridized carbons (Fsp3) is 0.339. The monoisotopic (exact) mass is 1080 g/mol. The van der Waals surface area contributed by atoms with E-state index in [1.54, 1.807) is 73.6 Å². The quantitative estimate of drug-likeness (QED) is 0.0780. The molecule has 406 valence electrons. The summed E-state index contributed by atoms with van der Waals surface area (Å²) in [7, 11) is 3.13. The predicted octanol–water partition coefficient (Wildman–Crippen LogP) is 4.19. The summed E-state index contributed by atoms with van der Waals surface area (Å²) >= 11 is 0. The van der Waals surface area contributed by atoms with Gasteiger partial charge in [-0.3, -0.25) is 28.9 Å². The van der Waals surface area contributed by atoms with E-state index in [-0.39, 0.29) is 107 Å². The summed E-state index contributed by atoms with van der Waals surface area (Å²) in [5.41, 5.74) is 0.389. The van der Waals surface area contributed by atoms with Gasteiger partial charge in [0.05, 0.1) is 72.2 Å². The van der Waals surface area contributed by atoms with Crippen LogP contribution in [0.25, 0.3) is 44.6 Å². The van der Waals surface area contributed by atoms with Gasteiger partial charge in [0.1, 0.15) is 24.7 Å². The van der Waals surface area contributed by atoms with Crippen molar-refractivity contribution in [2.24, 2.45) is 0 Å². The van der Waals surface area contributed by atoms with Gasteiger partial charge in [0.15, 0.2) is 0 Å². The molecule has 5 aliphatic rings. The van der Waals surface area contributed by atoms with E-state index in [0.717, 1.165) is 39.0 Å². The maximum absolute atomic E-state index is 14.1. The van der Waals surface area contributed by atoms with E-state index in [1.165, 1.54) is 4.90 Å². The maximum Gasteiger partial charge on any atom is 0.408 e. The first-order chi connectivity index (χ1) is 38.1. The van der Waals surface area contributed by atoms with E-state index in [0.29, 0.717) is 45.3 Å². The minimum absolute atomic E-state index is 0.0484. The molecule has 4 aromatic heterocycles. The average Bonchev–Trinajstić information content (AvgIpc) is 4.35. The molecule has 2 N–H and O–H groups in total. The number of rotatable bonds is 16. The average molecular weight is 1080 g/mol. The minimum Gasteiger partial charge on any atom is -0.497 e. The number of carbonyl (C=O) groups is 7. The van der Waals surface area contributed by atoms with Gasteiger partial charge in [-0.15, -0.1) is 0 Å². The lowest BCUT2D eigenvalue weighted by Gasteiger charge is -2.35. The molecule has 5 aliphatic heterocycles. The van der Waals surface area contributed by atoms with E-state index in [9.17, 15) is 43.2 Å². The first-order valence-electron chi connectivity index (χ1n) is 25.7. The number of alkyl carbamates (subject to hydrolysis) is 2. The van der Waals surface area contributed by atoms with Crippen LogP contribution in [0.5, 0.6) is 11.5 Å². The van der Waals surface area contributed by atoms with Crippen molar-refractivity contribution in [3.63, 3.8) is 0 Å². The maximum atomic E-state index is 14.1. The Morgan fingerprint density at radius 1 is 0.646 bits per heavy atom. The molecule has 0 saturated carbocycles. The van der Waals surface area contributed by atoms with Gasteiger partial charge in [-0.2, -0.15) is 0 Å². The molecule has 0 unspecified atom stereocenters. The molecule has 0 saturated heterocycles. The van der Waals surface area contributed by atoms with Gasteiger partial charge in [-0.1, -0.05) is 13.8 Å². The molecule has 23 heteroatoms. The Balaban J connectivity index is 0.789. The third-order valence-corrected chi connectivity index (χ3v) is 15.2. The van der Waals surface area contributed by atoms with E-state index in [2.05, 4.69) is 10.6 Å². The van der Waals surface area contributed by atoms with Gasteiger partial charge >= 0.3 is 24.1 Å². The lowest BCUT2D eigenvalue weighted by Crippen LogP contribution is -2.50. The van der Waals surface area contributed by atoms with Gasteiger partial charge in [0.25, 0.3) is 22.9 Å². The third-order valence-electron chi connectivity index (χ3n) is 15.2. The van der Waals surface area contributed by atoms with E-state index < -0.39 is 64.2 Å². The Morgan fingerprint density at radius 2 is 1.10 bits per heavy atom. The standard InChI is InChI=1S/C56H52N8O15/c1-5-55(38-24-42-47-32(20-30-22-34(74-3)9-11-40(30)59-47)26-63(42)49(68)36(38)28-76-51(55)70)78-53(72)57-15-18-61(44(65)8-7-17-62-45(66)13-14-46(62)67)19-16-58-54(73)79-56(6-2)39-25-43-48-33(21-31-23-35(75-4)10-12-41(31)60-48)27-64(43)50(69)37(39)29-77-52(56)71/h9-14,20-25H,5-8,15-19,26-29H2,1-4H3,(H,57,72)(H,58,73)/t55-,56-/m0/s1. The predicted molar refractivity (Wildman–Crippen MR) is 278 cm³/mol. The molecule has 2 atom stereocenters. The first-order valence-corrected chi connectivity index (χ1v) is 25.7. The van der Waals surface area contributed by atoms with Crippen molar-refractivity contribution in [2.75, 3.05) is 46.9 Å². The normalized spacial score (nSPS) is 18.2. The molecule has 0 radical (unpaired) electrons. The Labute approximate surface area is 449 Å². The fourth-order valence-electron chi connectivity index (χ4n) is 11.0. The Kier molecular flexibility index (Phi) is 13.2. The molecular weight excluding hydrogens is 1020 g/mol. The summed E-state index contributed by atoms with van der Waals surface area (Å²) in [4.78, 5) is 134. The lowest BCUT2D eigenvalue weighted by atomic mass is 9.85. The molecule has 6 aromatic rings. The minimum atomic E-state index is -2.04. The number of methoxy groups -OCH3 is 2. The third kappa shape index (κ3) is 8.83. The molecule has 0 bridgehead atoms. The van der Waals surface area contributed by atoms with Crippen LogP contribution in [0.3, 0.4) is 0 Å². The number of amides is 5. The van der Waals surface area contributed by atoms with Crippen molar-refractivity contribution in [3.05, 3.63) is 127 Å². The number of esters is 2. The van der Waals surface area contributed by atoms with Gasteiger partial charge in [-0.25, -0.2) is 29.1 Å². The summed E-state index contributed by atoms with van der Waals surface area (Å²) < 4.78 is 36.7. The van der Waals surface area contributed by atoms with Crippen molar-refractivity contribution in [2.45, 2.75) is 77.0 Å². The highest BCUT2D eigenvalue weighted by Gasteiger charge is 2.52. The topological polar surface area (TPSA) is 275 Å². The molecular formula is C56H52N8O15. The van der Waals surface area contributed by atoms with Crippen molar-refractivity contribution < 1.29 is 62.0 Å². The number of nitrogens with zero attached hydrogens (tertiary/aromatic N) is 6. The number of nitrogens with one attached hydrogen (secondary N) is 2. The highest BCUT2D eigenvalue weighted by Crippen LogP contribution is 2.43. The number of imide groups is 1.